The third-order valence-corrected chi connectivity index (χ3v) is 4.77. The standard InChI is InChI=1S/C17H19N3O3S/c1-11-7-8-12(24-11)9-19-17(22)20-10-15(16(21)18-2)23-14-6-4-3-5-13(14)20/h3-8,15H,9-10H2,1-2H3,(H,18,21)(H,19,22)/t15-/m1/s1. The van der Waals surface area contributed by atoms with Crippen LogP contribution >= 0.6 is 11.3 Å². The Morgan fingerprint density at radius 3 is 2.79 bits per heavy atom. The molecule has 126 valence electrons. The number of carbonyl (C=O) groups is 2. The van der Waals surface area contributed by atoms with Crippen molar-refractivity contribution >= 4 is 29.0 Å². The number of hydrogen-bond donors (Lipinski definition) is 2. The third-order valence-electron chi connectivity index (χ3n) is 3.77. The van der Waals surface area contributed by atoms with Gasteiger partial charge in [-0.25, -0.2) is 4.79 Å². The van der Waals surface area contributed by atoms with Crippen molar-refractivity contribution in [2.45, 2.75) is 19.6 Å². The van der Waals surface area contributed by atoms with Crippen molar-refractivity contribution in [1.82, 2.24) is 10.6 Å². The first kappa shape index (κ1) is 16.3. The van der Waals surface area contributed by atoms with Crippen LogP contribution in [0.25, 0.3) is 0 Å². The zero-order chi connectivity index (χ0) is 17.1. The summed E-state index contributed by atoms with van der Waals surface area (Å²) in [6, 6.07) is 11.0. The number of hydrogen-bond acceptors (Lipinski definition) is 4. The molecule has 6 nitrogen and oxygen atoms in total. The number of urea groups is 1. The molecule has 1 aliphatic rings. The van der Waals surface area contributed by atoms with Crippen molar-refractivity contribution < 1.29 is 14.3 Å². The van der Waals surface area contributed by atoms with E-state index < -0.39 is 6.10 Å². The van der Waals surface area contributed by atoms with Gasteiger partial charge < -0.3 is 15.4 Å². The lowest BCUT2D eigenvalue weighted by atomic mass is 10.2. The van der Waals surface area contributed by atoms with Crippen LogP contribution in [-0.4, -0.2) is 31.6 Å². The van der Waals surface area contributed by atoms with Crippen LogP contribution in [0.5, 0.6) is 5.75 Å². The number of nitrogens with zero attached hydrogens (tertiary/aromatic N) is 1. The van der Waals surface area contributed by atoms with E-state index in [1.165, 1.54) is 4.88 Å². The molecule has 0 unspecified atom stereocenters. The third kappa shape index (κ3) is 3.35. The number of aryl methyl sites for hydroxylation is 1. The second kappa shape index (κ2) is 6.92. The molecule has 7 heteroatoms. The number of para-hydroxylation sites is 2. The molecule has 1 atom stereocenters. The van der Waals surface area contributed by atoms with Gasteiger partial charge in [-0.15, -0.1) is 11.3 Å². The van der Waals surface area contributed by atoms with Gasteiger partial charge in [0.2, 0.25) is 0 Å². The van der Waals surface area contributed by atoms with Gasteiger partial charge in [0.15, 0.2) is 6.10 Å². The molecule has 0 spiro atoms. The lowest BCUT2D eigenvalue weighted by Crippen LogP contribution is -2.52. The maximum absolute atomic E-state index is 12.6. The molecule has 1 aliphatic heterocycles. The van der Waals surface area contributed by atoms with Crippen molar-refractivity contribution in [1.29, 1.82) is 0 Å². The first-order valence-electron chi connectivity index (χ1n) is 7.66. The maximum atomic E-state index is 12.6. The second-order valence-corrected chi connectivity index (χ2v) is 6.84. The van der Waals surface area contributed by atoms with Gasteiger partial charge in [0.1, 0.15) is 5.75 Å². The van der Waals surface area contributed by atoms with Gasteiger partial charge in [-0.2, -0.15) is 0 Å². The first-order valence-corrected chi connectivity index (χ1v) is 8.48. The van der Waals surface area contributed by atoms with Gasteiger partial charge in [0.05, 0.1) is 18.8 Å². The Morgan fingerprint density at radius 2 is 2.08 bits per heavy atom. The molecule has 2 N–H and O–H groups in total. The molecule has 24 heavy (non-hydrogen) atoms. The van der Waals surface area contributed by atoms with Crippen LogP contribution in [0.2, 0.25) is 0 Å². The van der Waals surface area contributed by atoms with Crippen LogP contribution in [0.4, 0.5) is 10.5 Å². The van der Waals surface area contributed by atoms with E-state index in [9.17, 15) is 9.59 Å². The second-order valence-electron chi connectivity index (χ2n) is 5.47. The lowest BCUT2D eigenvalue weighted by Gasteiger charge is -2.33. The molecule has 1 aromatic heterocycles. The van der Waals surface area contributed by atoms with E-state index in [-0.39, 0.29) is 18.5 Å². The molecule has 0 fully saturated rings. The molecule has 0 aliphatic carbocycles. The Kier molecular flexibility index (Phi) is 4.71. The topological polar surface area (TPSA) is 70.7 Å². The summed E-state index contributed by atoms with van der Waals surface area (Å²) in [6.07, 6.45) is -0.723. The molecular formula is C17H19N3O3S. The highest BCUT2D eigenvalue weighted by atomic mass is 32.1. The Labute approximate surface area is 144 Å². The van der Waals surface area contributed by atoms with E-state index in [1.807, 2.05) is 37.3 Å². The van der Waals surface area contributed by atoms with E-state index in [0.29, 0.717) is 18.0 Å². The minimum Gasteiger partial charge on any atom is -0.477 e. The Bertz CT molecular complexity index is 759. The van der Waals surface area contributed by atoms with Crippen molar-refractivity contribution in [2.75, 3.05) is 18.5 Å². The van der Waals surface area contributed by atoms with E-state index in [1.54, 1.807) is 29.4 Å². The van der Waals surface area contributed by atoms with E-state index >= 15 is 0 Å². The van der Waals surface area contributed by atoms with Crippen molar-refractivity contribution in [3.05, 3.63) is 46.2 Å². The maximum Gasteiger partial charge on any atom is 0.322 e. The van der Waals surface area contributed by atoms with Crippen molar-refractivity contribution in [3.63, 3.8) is 0 Å². The molecule has 2 aromatic rings. The summed E-state index contributed by atoms with van der Waals surface area (Å²) in [4.78, 5) is 28.4. The molecule has 0 radical (unpaired) electrons. The molecule has 0 saturated heterocycles. The number of benzene rings is 1. The molecule has 3 rings (SSSR count). The van der Waals surface area contributed by atoms with E-state index in [2.05, 4.69) is 10.6 Å². The summed E-state index contributed by atoms with van der Waals surface area (Å²) in [7, 11) is 1.55. The number of nitrogens with one attached hydrogen (secondary N) is 2. The summed E-state index contributed by atoms with van der Waals surface area (Å²) in [5.41, 5.74) is 0.664. The number of fused-ring (bicyclic) bond motifs is 1. The summed E-state index contributed by atoms with van der Waals surface area (Å²) in [5, 5.41) is 5.48. The predicted molar refractivity (Wildman–Crippen MR) is 93.6 cm³/mol. The predicted octanol–water partition coefficient (Wildman–Crippen LogP) is 2.28. The van der Waals surface area contributed by atoms with Crippen LogP contribution in [0.1, 0.15) is 9.75 Å². The van der Waals surface area contributed by atoms with Gasteiger partial charge in [-0.05, 0) is 31.2 Å². The monoisotopic (exact) mass is 345 g/mol. The number of likely N-dealkylation sites (N-methyl/N-ethyl adjacent to an activating group) is 1. The van der Waals surface area contributed by atoms with Crippen molar-refractivity contribution in [2.24, 2.45) is 0 Å². The van der Waals surface area contributed by atoms with Crippen LogP contribution in [0.3, 0.4) is 0 Å². The quantitative estimate of drug-likeness (QED) is 0.897. The lowest BCUT2D eigenvalue weighted by molar-refractivity contribution is -0.127. The normalized spacial score (nSPS) is 16.1. The highest BCUT2D eigenvalue weighted by Crippen LogP contribution is 2.33. The van der Waals surface area contributed by atoms with Crippen LogP contribution in [-0.2, 0) is 11.3 Å². The Morgan fingerprint density at radius 1 is 1.29 bits per heavy atom. The minimum absolute atomic E-state index is 0.173. The fourth-order valence-electron chi connectivity index (χ4n) is 2.56. The Balaban J connectivity index is 1.76. The smallest absolute Gasteiger partial charge is 0.322 e. The van der Waals surface area contributed by atoms with Gasteiger partial charge >= 0.3 is 6.03 Å². The first-order chi connectivity index (χ1) is 11.6. The van der Waals surface area contributed by atoms with Gasteiger partial charge in [-0.3, -0.25) is 9.69 Å². The zero-order valence-corrected chi connectivity index (χ0v) is 14.4. The summed E-state index contributed by atoms with van der Waals surface area (Å²) in [6.45, 7) is 2.66. The number of ether oxygens (including phenoxy) is 1. The average molecular weight is 345 g/mol. The Hall–Kier alpha value is -2.54. The number of anilines is 1. The minimum atomic E-state index is -0.723. The van der Waals surface area contributed by atoms with Crippen LogP contribution in [0, 0.1) is 6.92 Å². The van der Waals surface area contributed by atoms with Crippen LogP contribution < -0.4 is 20.3 Å². The fourth-order valence-corrected chi connectivity index (χ4v) is 3.39. The highest BCUT2D eigenvalue weighted by molar-refractivity contribution is 7.11. The summed E-state index contributed by atoms with van der Waals surface area (Å²) >= 11 is 1.65. The largest absolute Gasteiger partial charge is 0.477 e. The summed E-state index contributed by atoms with van der Waals surface area (Å²) in [5.74, 6) is 0.274. The molecular weight excluding hydrogens is 326 g/mol. The van der Waals surface area contributed by atoms with Gasteiger partial charge in [0.25, 0.3) is 5.91 Å². The molecule has 1 aromatic carbocycles. The van der Waals surface area contributed by atoms with Crippen LogP contribution in [0.15, 0.2) is 36.4 Å². The zero-order valence-electron chi connectivity index (χ0n) is 13.5. The molecule has 0 saturated carbocycles. The average Bonchev–Trinajstić information content (AvgIpc) is 3.03. The SMILES string of the molecule is CNC(=O)[C@H]1CN(C(=O)NCc2ccc(C)s2)c2ccccc2O1. The van der Waals surface area contributed by atoms with Gasteiger partial charge in [-0.1, -0.05) is 12.1 Å². The van der Waals surface area contributed by atoms with E-state index in [0.717, 1.165) is 4.88 Å². The molecule has 0 bridgehead atoms. The molecule has 3 amide bonds. The molecule has 2 heterocycles. The highest BCUT2D eigenvalue weighted by Gasteiger charge is 2.33. The number of thiophene rings is 1. The van der Waals surface area contributed by atoms with Gasteiger partial charge in [0, 0.05) is 16.8 Å². The number of rotatable bonds is 3. The fraction of sp³-hybridized carbons (Fsp3) is 0.294. The number of amides is 3. The number of carbonyl (C=O) groups excluding carboxylic acids is 2. The van der Waals surface area contributed by atoms with E-state index in [4.69, 9.17) is 4.74 Å². The van der Waals surface area contributed by atoms with Crippen molar-refractivity contribution in [3.8, 4) is 5.75 Å². The summed E-state index contributed by atoms with van der Waals surface area (Å²) < 4.78 is 5.70.